The first-order valence-corrected chi connectivity index (χ1v) is 13.2. The molecule has 7 nitrogen and oxygen atoms in total. The molecule has 0 radical (unpaired) electrons. The predicted molar refractivity (Wildman–Crippen MR) is 140 cm³/mol. The first-order valence-electron chi connectivity index (χ1n) is 13.2. The molecule has 2 unspecified atom stereocenters. The van der Waals surface area contributed by atoms with E-state index >= 15 is 0 Å². The Bertz CT molecular complexity index is 1010. The Kier molecular flexibility index (Phi) is 7.86. The summed E-state index contributed by atoms with van der Waals surface area (Å²) >= 11 is 0. The number of aromatic nitrogens is 1. The number of likely N-dealkylation sites (tertiary alicyclic amines) is 1. The average Bonchev–Trinajstić information content (AvgIpc) is 3.25. The summed E-state index contributed by atoms with van der Waals surface area (Å²) in [6.07, 6.45) is 6.87. The molecular weight excluding hydrogens is 438 g/mol. The molecule has 3 heterocycles. The second-order valence-corrected chi connectivity index (χ2v) is 10.8. The lowest BCUT2D eigenvalue weighted by molar-refractivity contribution is -0.130. The summed E-state index contributed by atoms with van der Waals surface area (Å²) in [6, 6.07) is 0. The summed E-state index contributed by atoms with van der Waals surface area (Å²) in [4.78, 5) is 39.2. The zero-order chi connectivity index (χ0) is 25.3. The van der Waals surface area contributed by atoms with Gasteiger partial charge in [-0.3, -0.25) is 9.59 Å². The van der Waals surface area contributed by atoms with E-state index in [1.54, 1.807) is 0 Å². The smallest absolute Gasteiger partial charge is 0.256 e. The fourth-order valence-electron chi connectivity index (χ4n) is 6.01. The Hall–Kier alpha value is -2.38. The molecule has 2 atom stereocenters. The number of carbonyl (C=O) groups is 2. The number of likely N-dealkylation sites (N-methyl/N-ethyl adjacent to an activating group) is 1. The van der Waals surface area contributed by atoms with Crippen LogP contribution in [0.25, 0.3) is 0 Å². The number of allylic oxidation sites excluding steroid dienone is 4. The second-order valence-electron chi connectivity index (χ2n) is 10.8. The van der Waals surface area contributed by atoms with Crippen molar-refractivity contribution in [2.24, 2.45) is 11.8 Å². The van der Waals surface area contributed by atoms with Crippen molar-refractivity contribution in [3.05, 3.63) is 45.9 Å². The maximum atomic E-state index is 13.7. The van der Waals surface area contributed by atoms with Gasteiger partial charge in [-0.2, -0.15) is 0 Å². The summed E-state index contributed by atoms with van der Waals surface area (Å²) in [5.41, 5.74) is 6.28. The van der Waals surface area contributed by atoms with E-state index in [1.807, 2.05) is 23.6 Å². The summed E-state index contributed by atoms with van der Waals surface area (Å²) in [5.74, 6) is 0.491. The highest BCUT2D eigenvalue weighted by molar-refractivity contribution is 5.97. The van der Waals surface area contributed by atoms with Crippen LogP contribution >= 0.6 is 0 Å². The Morgan fingerprint density at radius 3 is 2.49 bits per heavy atom. The number of aromatic amines is 1. The van der Waals surface area contributed by atoms with Gasteiger partial charge in [0, 0.05) is 55.7 Å². The molecule has 1 aromatic rings. The van der Waals surface area contributed by atoms with Crippen LogP contribution in [0.15, 0.2) is 23.4 Å². The highest BCUT2D eigenvalue weighted by atomic mass is 16.2. The number of H-pyrrole nitrogens is 1. The Balaban J connectivity index is 1.52. The highest BCUT2D eigenvalue weighted by Gasteiger charge is 2.45. The van der Waals surface area contributed by atoms with Gasteiger partial charge in [-0.1, -0.05) is 18.6 Å². The number of rotatable bonds is 8. The molecule has 2 amide bonds. The number of fused-ring (bicyclic) bond motifs is 1. The maximum absolute atomic E-state index is 13.7. The highest BCUT2D eigenvalue weighted by Crippen LogP contribution is 2.42. The van der Waals surface area contributed by atoms with Gasteiger partial charge in [0.2, 0.25) is 5.91 Å². The zero-order valence-electron chi connectivity index (χ0n) is 22.5. The average molecular weight is 482 g/mol. The monoisotopic (exact) mass is 481 g/mol. The molecule has 1 aliphatic carbocycles. The minimum Gasteiger partial charge on any atom is -0.362 e. The Morgan fingerprint density at radius 2 is 1.83 bits per heavy atom. The topological polar surface area (TPSA) is 62.9 Å². The van der Waals surface area contributed by atoms with E-state index in [0.717, 1.165) is 81.2 Å². The van der Waals surface area contributed by atoms with E-state index in [2.05, 4.69) is 54.9 Å². The molecule has 0 saturated carbocycles. The number of piperazine rings is 1. The lowest BCUT2D eigenvalue weighted by Crippen LogP contribution is -2.48. The van der Waals surface area contributed by atoms with Crippen LogP contribution in [0.4, 0.5) is 0 Å². The molecule has 1 aromatic heterocycles. The zero-order valence-corrected chi connectivity index (χ0v) is 22.5. The minimum absolute atomic E-state index is 0.0861. The van der Waals surface area contributed by atoms with Crippen LogP contribution in [0.2, 0.25) is 0 Å². The van der Waals surface area contributed by atoms with Gasteiger partial charge in [0.15, 0.2) is 0 Å². The van der Waals surface area contributed by atoms with Crippen molar-refractivity contribution in [3.63, 3.8) is 0 Å². The number of nitrogens with zero attached hydrogens (tertiary/aromatic N) is 4. The van der Waals surface area contributed by atoms with E-state index in [1.165, 1.54) is 11.3 Å². The summed E-state index contributed by atoms with van der Waals surface area (Å²) in [7, 11) is 4.14. The molecule has 35 heavy (non-hydrogen) atoms. The third-order valence-electron chi connectivity index (χ3n) is 8.11. The third-order valence-corrected chi connectivity index (χ3v) is 8.11. The Labute approximate surface area is 210 Å². The van der Waals surface area contributed by atoms with Crippen molar-refractivity contribution >= 4 is 11.8 Å². The molecule has 4 rings (SSSR count). The van der Waals surface area contributed by atoms with Gasteiger partial charge in [0.05, 0.1) is 11.5 Å². The lowest BCUT2D eigenvalue weighted by Gasteiger charge is -2.34. The van der Waals surface area contributed by atoms with Crippen LogP contribution in [0, 0.1) is 25.7 Å². The summed E-state index contributed by atoms with van der Waals surface area (Å²) < 4.78 is 0. The van der Waals surface area contributed by atoms with Crippen molar-refractivity contribution < 1.29 is 9.59 Å². The first-order chi connectivity index (χ1) is 16.7. The van der Waals surface area contributed by atoms with Gasteiger partial charge in [-0.15, -0.1) is 0 Å². The van der Waals surface area contributed by atoms with Crippen molar-refractivity contribution in [1.29, 1.82) is 0 Å². The SMILES string of the molecule is CCN1CCN(C(=O)c2c(C)[nH]c(CC3C(=O)N(CCCN(C)C)C4=CC=C(C)CC43)c2C)CC1. The molecule has 7 heteroatoms. The normalized spacial score (nSPS) is 23.1. The van der Waals surface area contributed by atoms with E-state index in [-0.39, 0.29) is 23.7 Å². The van der Waals surface area contributed by atoms with Gasteiger partial charge in [-0.05, 0) is 78.9 Å². The number of nitrogens with one attached hydrogen (secondary N) is 1. The number of carbonyl (C=O) groups excluding carboxylic acids is 2. The van der Waals surface area contributed by atoms with Gasteiger partial charge in [0.1, 0.15) is 0 Å². The quantitative estimate of drug-likeness (QED) is 0.619. The molecule has 1 N–H and O–H groups in total. The van der Waals surface area contributed by atoms with Crippen LogP contribution in [0.3, 0.4) is 0 Å². The van der Waals surface area contributed by atoms with Gasteiger partial charge >= 0.3 is 0 Å². The van der Waals surface area contributed by atoms with E-state index in [4.69, 9.17) is 0 Å². The largest absolute Gasteiger partial charge is 0.362 e. The van der Waals surface area contributed by atoms with Crippen LogP contribution in [-0.2, 0) is 11.2 Å². The van der Waals surface area contributed by atoms with Gasteiger partial charge in [-0.25, -0.2) is 0 Å². The first kappa shape index (κ1) is 25.7. The molecule has 0 aromatic carbocycles. The van der Waals surface area contributed by atoms with E-state index < -0.39 is 0 Å². The standard InChI is InChI=1S/C28H43N5O2/c1-7-31-13-15-32(16-14-31)28(35)26-20(3)24(29-21(26)4)18-23-22-17-19(2)9-10-25(22)33(27(23)34)12-8-11-30(5)6/h9-10,22-23,29H,7-8,11-18H2,1-6H3. The lowest BCUT2D eigenvalue weighted by atomic mass is 9.82. The van der Waals surface area contributed by atoms with Crippen LogP contribution in [0.5, 0.6) is 0 Å². The van der Waals surface area contributed by atoms with Crippen LogP contribution in [-0.4, -0.2) is 96.3 Å². The van der Waals surface area contributed by atoms with Crippen molar-refractivity contribution in [2.45, 2.75) is 47.0 Å². The molecule has 0 bridgehead atoms. The predicted octanol–water partition coefficient (Wildman–Crippen LogP) is 3.21. The molecule has 192 valence electrons. The van der Waals surface area contributed by atoms with E-state index in [9.17, 15) is 9.59 Å². The number of hydrogen-bond acceptors (Lipinski definition) is 4. The fraction of sp³-hybridized carbons (Fsp3) is 0.643. The van der Waals surface area contributed by atoms with Gasteiger partial charge < -0.3 is 24.6 Å². The van der Waals surface area contributed by atoms with Gasteiger partial charge in [0.25, 0.3) is 5.91 Å². The van der Waals surface area contributed by atoms with Crippen molar-refractivity contribution in [2.75, 3.05) is 59.9 Å². The third kappa shape index (κ3) is 5.26. The second kappa shape index (κ2) is 10.7. The van der Waals surface area contributed by atoms with Crippen molar-refractivity contribution in [3.8, 4) is 0 Å². The van der Waals surface area contributed by atoms with Crippen molar-refractivity contribution in [1.82, 2.24) is 24.6 Å². The molecule has 2 fully saturated rings. The van der Waals surface area contributed by atoms with E-state index in [0.29, 0.717) is 6.42 Å². The summed E-state index contributed by atoms with van der Waals surface area (Å²) in [5, 5.41) is 0. The van der Waals surface area contributed by atoms with Crippen LogP contribution in [0.1, 0.15) is 54.0 Å². The molecule has 3 aliphatic rings. The molecule has 2 aliphatic heterocycles. The number of hydrogen-bond donors (Lipinski definition) is 1. The molecule has 0 spiro atoms. The molecule has 2 saturated heterocycles. The Morgan fingerprint density at radius 1 is 1.11 bits per heavy atom. The van der Waals surface area contributed by atoms with Crippen LogP contribution < -0.4 is 0 Å². The number of amides is 2. The maximum Gasteiger partial charge on any atom is 0.256 e. The fourth-order valence-corrected chi connectivity index (χ4v) is 6.01. The number of aryl methyl sites for hydroxylation is 1. The summed E-state index contributed by atoms with van der Waals surface area (Å²) in [6.45, 7) is 14.5. The molecular formula is C28H43N5O2. The minimum atomic E-state index is -0.0861.